The van der Waals surface area contributed by atoms with Crippen molar-refractivity contribution < 1.29 is 0 Å². The molecule has 58 valence electrons. The molecule has 0 heterocycles. The topological polar surface area (TPSA) is 36.8 Å². The molecule has 0 bridgehead atoms. The molecule has 0 atom stereocenters. The van der Waals surface area contributed by atoms with Crippen LogP contribution in [0.15, 0.2) is 9.98 Å². The lowest BCUT2D eigenvalue weighted by Crippen LogP contribution is -2.39. The number of hydrogen-bond donors (Lipinski definition) is 1. The Balaban J connectivity index is 3.86. The fraction of sp³-hybridized carbons (Fsp3) is 0.714. The highest BCUT2D eigenvalue weighted by molar-refractivity contribution is 5.73. The zero-order chi connectivity index (χ0) is 8.04. The van der Waals surface area contributed by atoms with Crippen molar-refractivity contribution in [2.24, 2.45) is 9.98 Å². The molecular formula is C7H15N3. The quantitative estimate of drug-likeness (QED) is 0.456. The molecule has 1 N–H and O–H groups in total. The number of rotatable bonds is 3. The first-order valence-electron chi connectivity index (χ1n) is 3.24. The molecular weight excluding hydrogens is 126 g/mol. The molecule has 0 saturated heterocycles. The smallest absolute Gasteiger partial charge is 0.0827 e. The van der Waals surface area contributed by atoms with Gasteiger partial charge in [-0.25, -0.2) is 0 Å². The Bertz CT molecular complexity index is 136. The van der Waals surface area contributed by atoms with Gasteiger partial charge in [-0.05, 0) is 13.8 Å². The van der Waals surface area contributed by atoms with E-state index in [9.17, 15) is 0 Å². The van der Waals surface area contributed by atoms with Crippen LogP contribution in [0.25, 0.3) is 0 Å². The third kappa shape index (κ3) is 4.06. The summed E-state index contributed by atoms with van der Waals surface area (Å²) in [7, 11) is 3.48. The molecule has 0 rings (SSSR count). The molecule has 0 aliphatic heterocycles. The molecule has 0 amide bonds. The van der Waals surface area contributed by atoms with Crippen molar-refractivity contribution in [2.75, 3.05) is 14.1 Å². The van der Waals surface area contributed by atoms with Crippen molar-refractivity contribution in [3.63, 3.8) is 0 Å². The number of nitrogens with one attached hydrogen (secondary N) is 1. The number of aliphatic imine (C=N–C) groups is 2. The van der Waals surface area contributed by atoms with Crippen molar-refractivity contribution in [2.45, 2.75) is 19.4 Å². The highest BCUT2D eigenvalue weighted by atomic mass is 15.0. The van der Waals surface area contributed by atoms with Gasteiger partial charge in [0.2, 0.25) is 0 Å². The van der Waals surface area contributed by atoms with E-state index in [0.717, 1.165) is 0 Å². The lowest BCUT2D eigenvalue weighted by atomic mass is 10.1. The summed E-state index contributed by atoms with van der Waals surface area (Å²) in [4.78, 5) is 7.72. The Morgan fingerprint density at radius 1 is 1.20 bits per heavy atom. The number of nitrogens with zero attached hydrogens (tertiary/aromatic N) is 2. The van der Waals surface area contributed by atoms with E-state index in [-0.39, 0.29) is 5.54 Å². The van der Waals surface area contributed by atoms with Gasteiger partial charge in [-0.3, -0.25) is 9.98 Å². The fourth-order valence-electron chi connectivity index (χ4n) is 0.591. The van der Waals surface area contributed by atoms with Crippen molar-refractivity contribution in [1.82, 2.24) is 5.32 Å². The molecule has 0 saturated carbocycles. The van der Waals surface area contributed by atoms with Crippen molar-refractivity contribution >= 4 is 12.6 Å². The largest absolute Gasteiger partial charge is 0.367 e. The number of hydrogen-bond acceptors (Lipinski definition) is 2. The van der Waals surface area contributed by atoms with Gasteiger partial charge in [-0.15, -0.1) is 0 Å². The molecule has 10 heavy (non-hydrogen) atoms. The van der Waals surface area contributed by atoms with Crippen LogP contribution in [0.4, 0.5) is 0 Å². The molecule has 3 heteroatoms. The lowest BCUT2D eigenvalue weighted by Gasteiger charge is -2.18. The molecule has 0 radical (unpaired) electrons. The Morgan fingerprint density at radius 3 is 2.20 bits per heavy atom. The molecule has 0 unspecified atom stereocenters. The third-order valence-electron chi connectivity index (χ3n) is 1.02. The molecule has 0 aromatic carbocycles. The maximum atomic E-state index is 3.91. The summed E-state index contributed by atoms with van der Waals surface area (Å²) < 4.78 is 0. The van der Waals surface area contributed by atoms with Crippen LogP contribution in [0.5, 0.6) is 0 Å². The molecule has 0 aromatic rings. The van der Waals surface area contributed by atoms with Gasteiger partial charge in [0, 0.05) is 20.3 Å². The van der Waals surface area contributed by atoms with Crippen LogP contribution in [0.1, 0.15) is 13.8 Å². The Hall–Kier alpha value is -0.860. The van der Waals surface area contributed by atoms with Gasteiger partial charge in [-0.1, -0.05) is 0 Å². The molecule has 0 aliphatic rings. The van der Waals surface area contributed by atoms with Gasteiger partial charge >= 0.3 is 0 Å². The zero-order valence-electron chi connectivity index (χ0n) is 7.05. The Morgan fingerprint density at radius 2 is 1.80 bits per heavy atom. The van der Waals surface area contributed by atoms with E-state index in [4.69, 9.17) is 0 Å². The second kappa shape index (κ2) is 4.04. The van der Waals surface area contributed by atoms with Crippen LogP contribution in [-0.2, 0) is 0 Å². The van der Waals surface area contributed by atoms with Crippen LogP contribution in [0.3, 0.4) is 0 Å². The van der Waals surface area contributed by atoms with Crippen LogP contribution >= 0.6 is 0 Å². The summed E-state index contributed by atoms with van der Waals surface area (Å²) in [5.41, 5.74) is -0.0890. The van der Waals surface area contributed by atoms with Crippen molar-refractivity contribution in [3.8, 4) is 0 Å². The summed E-state index contributed by atoms with van der Waals surface area (Å²) >= 11 is 0. The Labute approximate surface area is 62.3 Å². The summed E-state index contributed by atoms with van der Waals surface area (Å²) in [5, 5.41) is 3.07. The molecule has 0 aromatic heterocycles. The first-order chi connectivity index (χ1) is 4.62. The second-order valence-electron chi connectivity index (χ2n) is 2.64. The average molecular weight is 141 g/mol. The van der Waals surface area contributed by atoms with E-state index in [1.165, 1.54) is 0 Å². The van der Waals surface area contributed by atoms with Crippen molar-refractivity contribution in [1.29, 1.82) is 0 Å². The third-order valence-corrected chi connectivity index (χ3v) is 1.02. The predicted octanol–water partition coefficient (Wildman–Crippen LogP) is 0.713. The summed E-state index contributed by atoms with van der Waals surface area (Å²) in [6.45, 7) is 4.06. The monoisotopic (exact) mass is 141 g/mol. The minimum absolute atomic E-state index is 0.0890. The first-order valence-corrected chi connectivity index (χ1v) is 3.24. The SMILES string of the molecule is CN=CNC(C)(C)C=NC. The first kappa shape index (κ1) is 9.14. The maximum absolute atomic E-state index is 3.91. The summed E-state index contributed by atoms with van der Waals surface area (Å²) in [6.07, 6.45) is 3.51. The van der Waals surface area contributed by atoms with Gasteiger partial charge in [0.05, 0.1) is 11.9 Å². The van der Waals surface area contributed by atoms with Gasteiger partial charge in [0.15, 0.2) is 0 Å². The zero-order valence-corrected chi connectivity index (χ0v) is 7.05. The summed E-state index contributed by atoms with van der Waals surface area (Å²) in [5.74, 6) is 0. The highest BCUT2D eigenvalue weighted by Crippen LogP contribution is 1.94. The van der Waals surface area contributed by atoms with E-state index in [1.54, 1.807) is 20.4 Å². The minimum atomic E-state index is -0.0890. The van der Waals surface area contributed by atoms with E-state index in [2.05, 4.69) is 15.3 Å². The van der Waals surface area contributed by atoms with Crippen LogP contribution < -0.4 is 5.32 Å². The van der Waals surface area contributed by atoms with Crippen LogP contribution in [0, 0.1) is 0 Å². The maximum Gasteiger partial charge on any atom is 0.0827 e. The average Bonchev–Trinajstić information content (AvgIpc) is 1.84. The van der Waals surface area contributed by atoms with E-state index < -0.39 is 0 Å². The normalized spacial score (nSPS) is 13.2. The molecule has 3 nitrogen and oxygen atoms in total. The van der Waals surface area contributed by atoms with Crippen LogP contribution in [-0.4, -0.2) is 32.2 Å². The molecule has 0 fully saturated rings. The fourth-order valence-corrected chi connectivity index (χ4v) is 0.591. The van der Waals surface area contributed by atoms with Gasteiger partial charge < -0.3 is 5.32 Å². The summed E-state index contributed by atoms with van der Waals surface area (Å²) in [6, 6.07) is 0. The minimum Gasteiger partial charge on any atom is -0.367 e. The highest BCUT2D eigenvalue weighted by Gasteiger charge is 2.09. The molecule has 0 aliphatic carbocycles. The van der Waals surface area contributed by atoms with Gasteiger partial charge in [-0.2, -0.15) is 0 Å². The van der Waals surface area contributed by atoms with Gasteiger partial charge in [0.25, 0.3) is 0 Å². The van der Waals surface area contributed by atoms with E-state index >= 15 is 0 Å². The second-order valence-corrected chi connectivity index (χ2v) is 2.64. The Kier molecular flexibility index (Phi) is 3.69. The predicted molar refractivity (Wildman–Crippen MR) is 46.0 cm³/mol. The van der Waals surface area contributed by atoms with E-state index in [0.29, 0.717) is 0 Å². The van der Waals surface area contributed by atoms with Crippen LogP contribution in [0.2, 0.25) is 0 Å². The van der Waals surface area contributed by atoms with Gasteiger partial charge in [0.1, 0.15) is 0 Å². The van der Waals surface area contributed by atoms with E-state index in [1.807, 2.05) is 20.1 Å². The van der Waals surface area contributed by atoms with Crippen molar-refractivity contribution in [3.05, 3.63) is 0 Å². The standard InChI is InChI=1S/C7H15N3/c1-7(2,5-8-3)10-6-9-4/h5-6H,1-4H3,(H,9,10). The molecule has 0 spiro atoms. The lowest BCUT2D eigenvalue weighted by molar-refractivity contribution is 0.636.